The van der Waals surface area contributed by atoms with Crippen LogP contribution < -0.4 is 11.1 Å². The molecule has 0 unspecified atom stereocenters. The minimum Gasteiger partial charge on any atom is -0.408 e. The fraction of sp³-hybridized carbons (Fsp3) is 0.467. The van der Waals surface area contributed by atoms with Crippen LogP contribution in [0.4, 0.5) is 0 Å². The first kappa shape index (κ1) is 13.0. The van der Waals surface area contributed by atoms with Crippen LogP contribution in [0.2, 0.25) is 0 Å². The highest BCUT2D eigenvalue weighted by molar-refractivity contribution is 5.79. The van der Waals surface area contributed by atoms with Crippen LogP contribution in [0.3, 0.4) is 0 Å². The molecule has 5 nitrogen and oxygen atoms in total. The third-order valence-electron chi connectivity index (χ3n) is 4.05. The second kappa shape index (κ2) is 5.15. The summed E-state index contributed by atoms with van der Waals surface area (Å²) in [6.07, 6.45) is 4.30. The molecule has 106 valence electrons. The zero-order valence-electron chi connectivity index (χ0n) is 11.5. The number of benzene rings is 1. The van der Waals surface area contributed by atoms with Crippen LogP contribution in [-0.2, 0) is 18.4 Å². The second-order valence-electron chi connectivity index (χ2n) is 5.43. The van der Waals surface area contributed by atoms with Crippen molar-refractivity contribution < 1.29 is 9.21 Å². The molecule has 0 spiro atoms. The Bertz CT molecular complexity index is 693. The molecule has 0 saturated heterocycles. The number of amides is 1. The quantitative estimate of drug-likeness (QED) is 0.930. The van der Waals surface area contributed by atoms with E-state index in [1.165, 1.54) is 4.57 Å². The summed E-state index contributed by atoms with van der Waals surface area (Å²) in [5.74, 6) is -0.0577. The van der Waals surface area contributed by atoms with Crippen molar-refractivity contribution in [2.75, 3.05) is 0 Å². The smallest absolute Gasteiger partial charge is 0.408 e. The lowest BCUT2D eigenvalue weighted by Crippen LogP contribution is -2.28. The summed E-state index contributed by atoms with van der Waals surface area (Å²) in [5.41, 5.74) is 2.27. The molecular formula is C15H18N2O3. The van der Waals surface area contributed by atoms with Crippen molar-refractivity contribution in [1.82, 2.24) is 9.88 Å². The van der Waals surface area contributed by atoms with Crippen molar-refractivity contribution in [3.05, 3.63) is 34.3 Å². The van der Waals surface area contributed by atoms with Crippen molar-refractivity contribution in [3.8, 4) is 0 Å². The SMILES string of the molecule is Cn1c(=O)oc2cc(CNC(=O)C3CCCC3)ccc21. The lowest BCUT2D eigenvalue weighted by Gasteiger charge is -2.10. The Morgan fingerprint density at radius 2 is 2.15 bits per heavy atom. The number of carbonyl (C=O) groups excluding carboxylic acids is 1. The van der Waals surface area contributed by atoms with E-state index < -0.39 is 0 Å². The largest absolute Gasteiger partial charge is 0.419 e. The Morgan fingerprint density at radius 1 is 1.40 bits per heavy atom. The Balaban J connectivity index is 1.71. The van der Waals surface area contributed by atoms with Gasteiger partial charge in [-0.05, 0) is 30.5 Å². The van der Waals surface area contributed by atoms with Gasteiger partial charge in [-0.25, -0.2) is 4.79 Å². The van der Waals surface area contributed by atoms with Crippen LogP contribution in [0.5, 0.6) is 0 Å². The number of oxazole rings is 1. The highest BCUT2D eigenvalue weighted by Crippen LogP contribution is 2.24. The van der Waals surface area contributed by atoms with Crippen molar-refractivity contribution in [2.24, 2.45) is 13.0 Å². The van der Waals surface area contributed by atoms with Gasteiger partial charge >= 0.3 is 5.76 Å². The van der Waals surface area contributed by atoms with E-state index in [2.05, 4.69) is 5.32 Å². The third-order valence-corrected chi connectivity index (χ3v) is 4.05. The number of nitrogens with zero attached hydrogens (tertiary/aromatic N) is 1. The minimum absolute atomic E-state index is 0.136. The molecule has 1 fully saturated rings. The van der Waals surface area contributed by atoms with E-state index in [4.69, 9.17) is 4.42 Å². The number of aryl methyl sites for hydroxylation is 1. The summed E-state index contributed by atoms with van der Waals surface area (Å²) < 4.78 is 6.61. The van der Waals surface area contributed by atoms with Crippen molar-refractivity contribution in [1.29, 1.82) is 0 Å². The fourth-order valence-electron chi connectivity index (χ4n) is 2.81. The molecule has 0 atom stereocenters. The first-order chi connectivity index (χ1) is 9.65. The first-order valence-corrected chi connectivity index (χ1v) is 7.01. The summed E-state index contributed by atoms with van der Waals surface area (Å²) in [6.45, 7) is 0.476. The van der Waals surface area contributed by atoms with Crippen LogP contribution in [0.25, 0.3) is 11.1 Å². The van der Waals surface area contributed by atoms with Gasteiger partial charge in [-0.1, -0.05) is 18.9 Å². The molecular weight excluding hydrogens is 256 g/mol. The van der Waals surface area contributed by atoms with E-state index in [1.54, 1.807) is 7.05 Å². The number of hydrogen-bond donors (Lipinski definition) is 1. The normalized spacial score (nSPS) is 15.8. The predicted molar refractivity (Wildman–Crippen MR) is 75.3 cm³/mol. The Hall–Kier alpha value is -2.04. The number of nitrogens with one attached hydrogen (secondary N) is 1. The highest BCUT2D eigenvalue weighted by Gasteiger charge is 2.22. The van der Waals surface area contributed by atoms with Gasteiger partial charge in [0, 0.05) is 19.5 Å². The van der Waals surface area contributed by atoms with Crippen LogP contribution >= 0.6 is 0 Å². The predicted octanol–water partition coefficient (Wildman–Crippen LogP) is 1.94. The summed E-state index contributed by atoms with van der Waals surface area (Å²) in [7, 11) is 1.68. The number of rotatable bonds is 3. The molecule has 0 aliphatic heterocycles. The van der Waals surface area contributed by atoms with E-state index in [9.17, 15) is 9.59 Å². The van der Waals surface area contributed by atoms with Crippen molar-refractivity contribution in [3.63, 3.8) is 0 Å². The number of carbonyl (C=O) groups is 1. The zero-order chi connectivity index (χ0) is 14.1. The monoisotopic (exact) mass is 274 g/mol. The van der Waals surface area contributed by atoms with Gasteiger partial charge in [0.15, 0.2) is 5.58 Å². The molecule has 1 aliphatic rings. The van der Waals surface area contributed by atoms with Crippen LogP contribution in [0.15, 0.2) is 27.4 Å². The fourth-order valence-corrected chi connectivity index (χ4v) is 2.81. The van der Waals surface area contributed by atoms with E-state index >= 15 is 0 Å². The lowest BCUT2D eigenvalue weighted by molar-refractivity contribution is -0.124. The molecule has 1 aliphatic carbocycles. The van der Waals surface area contributed by atoms with Crippen molar-refractivity contribution in [2.45, 2.75) is 32.2 Å². The molecule has 1 aromatic carbocycles. The van der Waals surface area contributed by atoms with Crippen molar-refractivity contribution >= 4 is 17.0 Å². The maximum atomic E-state index is 12.0. The summed E-state index contributed by atoms with van der Waals surface area (Å²) in [6, 6.07) is 5.56. The van der Waals surface area contributed by atoms with Gasteiger partial charge in [-0.3, -0.25) is 9.36 Å². The molecule has 2 aromatic rings. The average Bonchev–Trinajstić information content (AvgIpc) is 3.06. The van der Waals surface area contributed by atoms with Crippen LogP contribution in [0, 0.1) is 5.92 Å². The topological polar surface area (TPSA) is 64.2 Å². The summed E-state index contributed by atoms with van der Waals surface area (Å²) >= 11 is 0. The number of aromatic nitrogens is 1. The van der Waals surface area contributed by atoms with Gasteiger partial charge in [-0.15, -0.1) is 0 Å². The average molecular weight is 274 g/mol. The lowest BCUT2D eigenvalue weighted by atomic mass is 10.1. The Morgan fingerprint density at radius 3 is 2.90 bits per heavy atom. The molecule has 1 N–H and O–H groups in total. The molecule has 5 heteroatoms. The second-order valence-corrected chi connectivity index (χ2v) is 5.43. The van der Waals surface area contributed by atoms with Gasteiger partial charge in [0.05, 0.1) is 5.52 Å². The highest BCUT2D eigenvalue weighted by atomic mass is 16.4. The number of hydrogen-bond acceptors (Lipinski definition) is 3. The van der Waals surface area contributed by atoms with E-state index in [-0.39, 0.29) is 17.6 Å². The molecule has 1 aromatic heterocycles. The van der Waals surface area contributed by atoms with Crippen LogP contribution in [-0.4, -0.2) is 10.5 Å². The molecule has 1 saturated carbocycles. The minimum atomic E-state index is -0.368. The van der Waals surface area contributed by atoms with Gasteiger partial charge < -0.3 is 9.73 Å². The zero-order valence-corrected chi connectivity index (χ0v) is 11.5. The van der Waals surface area contributed by atoms with Crippen LogP contribution in [0.1, 0.15) is 31.2 Å². The molecule has 0 radical (unpaired) electrons. The first-order valence-electron chi connectivity index (χ1n) is 7.01. The molecule has 20 heavy (non-hydrogen) atoms. The third kappa shape index (κ3) is 2.35. The standard InChI is InChI=1S/C15H18N2O3/c1-17-12-7-6-10(8-13(12)20-15(17)19)9-16-14(18)11-4-2-3-5-11/h6-8,11H,2-5,9H2,1H3,(H,16,18). The van der Waals surface area contributed by atoms with E-state index in [0.717, 1.165) is 36.8 Å². The molecule has 1 amide bonds. The Kier molecular flexibility index (Phi) is 3.34. The molecule has 3 rings (SSSR count). The Labute approximate surface area is 116 Å². The summed E-state index contributed by atoms with van der Waals surface area (Å²) in [5, 5.41) is 2.96. The van der Waals surface area contributed by atoms with E-state index in [0.29, 0.717) is 12.1 Å². The summed E-state index contributed by atoms with van der Waals surface area (Å²) in [4.78, 5) is 23.4. The van der Waals surface area contributed by atoms with Gasteiger partial charge in [0.25, 0.3) is 0 Å². The van der Waals surface area contributed by atoms with Gasteiger partial charge in [0.1, 0.15) is 0 Å². The molecule has 0 bridgehead atoms. The van der Waals surface area contributed by atoms with E-state index in [1.807, 2.05) is 18.2 Å². The maximum absolute atomic E-state index is 12.0. The maximum Gasteiger partial charge on any atom is 0.419 e. The number of fused-ring (bicyclic) bond motifs is 1. The van der Waals surface area contributed by atoms with Gasteiger partial charge in [-0.2, -0.15) is 0 Å². The van der Waals surface area contributed by atoms with Gasteiger partial charge in [0.2, 0.25) is 5.91 Å². The molecule has 1 heterocycles.